The van der Waals surface area contributed by atoms with Crippen LogP contribution in [0.3, 0.4) is 0 Å². The van der Waals surface area contributed by atoms with Crippen LogP contribution in [0.15, 0.2) is 18.2 Å². The molecule has 1 atom stereocenters. The van der Waals surface area contributed by atoms with E-state index in [0.717, 1.165) is 24.2 Å². The number of hydrogen-bond acceptors (Lipinski definition) is 3. The third-order valence-corrected chi connectivity index (χ3v) is 2.78. The molecule has 0 fully saturated rings. The highest BCUT2D eigenvalue weighted by atomic mass is 16.5. The number of benzene rings is 1. The third kappa shape index (κ3) is 5.17. The van der Waals surface area contributed by atoms with Gasteiger partial charge in [0.15, 0.2) is 0 Å². The van der Waals surface area contributed by atoms with E-state index in [-0.39, 0.29) is 0 Å². The zero-order chi connectivity index (χ0) is 13.4. The van der Waals surface area contributed by atoms with Crippen LogP contribution >= 0.6 is 0 Å². The molecule has 3 nitrogen and oxygen atoms in total. The van der Waals surface area contributed by atoms with Gasteiger partial charge >= 0.3 is 0 Å². The van der Waals surface area contributed by atoms with E-state index in [0.29, 0.717) is 19.8 Å². The predicted molar refractivity (Wildman–Crippen MR) is 72.8 cm³/mol. The summed E-state index contributed by atoms with van der Waals surface area (Å²) in [5.74, 6) is 0. The van der Waals surface area contributed by atoms with E-state index in [9.17, 15) is 5.11 Å². The Morgan fingerprint density at radius 2 is 1.83 bits per heavy atom. The topological polar surface area (TPSA) is 38.7 Å². The number of aliphatic hydroxyl groups excluding tert-OH is 1. The smallest absolute Gasteiger partial charge is 0.103 e. The molecule has 0 aliphatic heterocycles. The first-order valence-electron chi connectivity index (χ1n) is 6.55. The molecule has 1 aromatic carbocycles. The minimum Gasteiger partial charge on any atom is -0.386 e. The third-order valence-electron chi connectivity index (χ3n) is 2.78. The van der Waals surface area contributed by atoms with Crippen molar-refractivity contribution in [3.63, 3.8) is 0 Å². The van der Waals surface area contributed by atoms with Crippen LogP contribution in [-0.4, -0.2) is 31.5 Å². The van der Waals surface area contributed by atoms with Gasteiger partial charge in [0.2, 0.25) is 0 Å². The van der Waals surface area contributed by atoms with Gasteiger partial charge in [-0.2, -0.15) is 0 Å². The van der Waals surface area contributed by atoms with Crippen molar-refractivity contribution in [3.8, 4) is 0 Å². The van der Waals surface area contributed by atoms with Gasteiger partial charge in [0.1, 0.15) is 6.10 Å². The van der Waals surface area contributed by atoms with E-state index in [4.69, 9.17) is 9.47 Å². The maximum Gasteiger partial charge on any atom is 0.103 e. The fourth-order valence-corrected chi connectivity index (χ4v) is 1.85. The lowest BCUT2D eigenvalue weighted by molar-refractivity contribution is 0.00308. The summed E-state index contributed by atoms with van der Waals surface area (Å²) in [4.78, 5) is 0. The Bertz CT molecular complexity index is 350. The van der Waals surface area contributed by atoms with Crippen LogP contribution in [0.2, 0.25) is 0 Å². The SMILES string of the molecule is CCCOCCOCC(O)c1ccc(C)cc1C. The first-order valence-corrected chi connectivity index (χ1v) is 6.55. The largest absolute Gasteiger partial charge is 0.386 e. The second-order valence-electron chi connectivity index (χ2n) is 4.56. The van der Waals surface area contributed by atoms with Crippen LogP contribution in [0.5, 0.6) is 0 Å². The Kier molecular flexibility index (Phi) is 6.94. The Balaban J connectivity index is 2.29. The first kappa shape index (κ1) is 15.2. The molecule has 1 rings (SSSR count). The van der Waals surface area contributed by atoms with Gasteiger partial charge in [-0.05, 0) is 31.4 Å². The summed E-state index contributed by atoms with van der Waals surface area (Å²) in [5.41, 5.74) is 3.25. The first-order chi connectivity index (χ1) is 8.65. The lowest BCUT2D eigenvalue weighted by atomic mass is 10.0. The van der Waals surface area contributed by atoms with E-state index >= 15 is 0 Å². The molecule has 0 heterocycles. The molecule has 0 bridgehead atoms. The molecule has 0 amide bonds. The summed E-state index contributed by atoms with van der Waals surface area (Å²) in [5, 5.41) is 10.0. The van der Waals surface area contributed by atoms with E-state index in [1.165, 1.54) is 5.56 Å². The zero-order valence-electron chi connectivity index (χ0n) is 11.6. The Labute approximate surface area is 110 Å². The molecule has 0 radical (unpaired) electrons. The maximum atomic E-state index is 10.0. The maximum absolute atomic E-state index is 10.0. The Morgan fingerprint density at radius 3 is 2.50 bits per heavy atom. The van der Waals surface area contributed by atoms with Crippen LogP contribution in [0, 0.1) is 13.8 Å². The quantitative estimate of drug-likeness (QED) is 0.723. The molecule has 0 aliphatic rings. The fourth-order valence-electron chi connectivity index (χ4n) is 1.85. The summed E-state index contributed by atoms with van der Waals surface area (Å²) in [6.07, 6.45) is 0.460. The number of aliphatic hydroxyl groups is 1. The average molecular weight is 252 g/mol. The summed E-state index contributed by atoms with van der Waals surface area (Å²) >= 11 is 0. The Morgan fingerprint density at radius 1 is 1.11 bits per heavy atom. The van der Waals surface area contributed by atoms with Crippen molar-refractivity contribution in [1.29, 1.82) is 0 Å². The number of rotatable bonds is 8. The van der Waals surface area contributed by atoms with E-state index in [1.807, 2.05) is 26.0 Å². The van der Waals surface area contributed by atoms with Crippen molar-refractivity contribution in [3.05, 3.63) is 34.9 Å². The van der Waals surface area contributed by atoms with Crippen LogP contribution in [0.1, 0.15) is 36.1 Å². The molecule has 1 unspecified atom stereocenters. The van der Waals surface area contributed by atoms with Crippen LogP contribution in [0.25, 0.3) is 0 Å². The molecular weight excluding hydrogens is 228 g/mol. The van der Waals surface area contributed by atoms with Gasteiger partial charge in [-0.3, -0.25) is 0 Å². The molecule has 18 heavy (non-hydrogen) atoms. The lowest BCUT2D eigenvalue weighted by Crippen LogP contribution is -2.12. The van der Waals surface area contributed by atoms with Crippen molar-refractivity contribution in [2.75, 3.05) is 26.4 Å². The lowest BCUT2D eigenvalue weighted by Gasteiger charge is -2.14. The second-order valence-corrected chi connectivity index (χ2v) is 4.56. The minimum absolute atomic E-state index is 0.319. The van der Waals surface area contributed by atoms with Gasteiger partial charge in [-0.15, -0.1) is 0 Å². The molecule has 0 saturated heterocycles. The molecular formula is C15H24O3. The molecule has 0 saturated carbocycles. The highest BCUT2D eigenvalue weighted by Crippen LogP contribution is 2.19. The van der Waals surface area contributed by atoms with Crippen LogP contribution < -0.4 is 0 Å². The van der Waals surface area contributed by atoms with Crippen molar-refractivity contribution in [2.24, 2.45) is 0 Å². The summed E-state index contributed by atoms with van der Waals surface area (Å²) in [6, 6.07) is 6.05. The van der Waals surface area contributed by atoms with Crippen molar-refractivity contribution in [2.45, 2.75) is 33.3 Å². The standard InChI is InChI=1S/C15H24O3/c1-4-7-17-8-9-18-11-15(16)14-6-5-12(2)10-13(14)3/h5-6,10,15-16H,4,7-9,11H2,1-3H3. The van der Waals surface area contributed by atoms with Crippen LogP contribution in [0.4, 0.5) is 0 Å². The van der Waals surface area contributed by atoms with Gasteiger partial charge in [0, 0.05) is 6.61 Å². The highest BCUT2D eigenvalue weighted by Gasteiger charge is 2.10. The van der Waals surface area contributed by atoms with Crippen molar-refractivity contribution in [1.82, 2.24) is 0 Å². The van der Waals surface area contributed by atoms with E-state index in [2.05, 4.69) is 13.0 Å². The summed E-state index contributed by atoms with van der Waals surface area (Å²) in [7, 11) is 0. The molecule has 1 aromatic rings. The molecule has 0 aromatic heterocycles. The molecule has 0 spiro atoms. The minimum atomic E-state index is -0.559. The number of aryl methyl sites for hydroxylation is 2. The Hall–Kier alpha value is -0.900. The second kappa shape index (κ2) is 8.25. The van der Waals surface area contributed by atoms with Crippen molar-refractivity contribution >= 4 is 0 Å². The fraction of sp³-hybridized carbons (Fsp3) is 0.600. The highest BCUT2D eigenvalue weighted by molar-refractivity contribution is 5.31. The van der Waals surface area contributed by atoms with Gasteiger partial charge in [-0.25, -0.2) is 0 Å². The van der Waals surface area contributed by atoms with Crippen molar-refractivity contribution < 1.29 is 14.6 Å². The van der Waals surface area contributed by atoms with Gasteiger partial charge < -0.3 is 14.6 Å². The monoisotopic (exact) mass is 252 g/mol. The zero-order valence-corrected chi connectivity index (χ0v) is 11.6. The van der Waals surface area contributed by atoms with Gasteiger partial charge in [0.05, 0.1) is 19.8 Å². The molecule has 102 valence electrons. The average Bonchev–Trinajstić information content (AvgIpc) is 2.33. The van der Waals surface area contributed by atoms with Crippen LogP contribution in [-0.2, 0) is 9.47 Å². The summed E-state index contributed by atoms with van der Waals surface area (Å²) in [6.45, 7) is 8.34. The van der Waals surface area contributed by atoms with Gasteiger partial charge in [-0.1, -0.05) is 30.7 Å². The number of hydrogen-bond donors (Lipinski definition) is 1. The van der Waals surface area contributed by atoms with E-state index in [1.54, 1.807) is 0 Å². The molecule has 3 heteroatoms. The molecule has 1 N–H and O–H groups in total. The predicted octanol–water partition coefficient (Wildman–Crippen LogP) is 2.78. The van der Waals surface area contributed by atoms with Gasteiger partial charge in [0.25, 0.3) is 0 Å². The van der Waals surface area contributed by atoms with E-state index < -0.39 is 6.10 Å². The normalized spacial score (nSPS) is 12.7. The summed E-state index contributed by atoms with van der Waals surface area (Å²) < 4.78 is 10.7. The molecule has 0 aliphatic carbocycles. The number of ether oxygens (including phenoxy) is 2.